The van der Waals surface area contributed by atoms with E-state index in [1.54, 1.807) is 12.7 Å². The molecule has 0 radical (unpaired) electrons. The highest BCUT2D eigenvalue weighted by Crippen LogP contribution is 2.67. The Hall–Kier alpha value is -2.11. The third kappa shape index (κ3) is 3.47. The summed E-state index contributed by atoms with van der Waals surface area (Å²) in [6.07, 6.45) is 8.72. The molecule has 0 aliphatic heterocycles. The van der Waals surface area contributed by atoms with Crippen LogP contribution in [0, 0.1) is 22.2 Å². The molecule has 0 saturated heterocycles. The predicted molar refractivity (Wildman–Crippen MR) is 128 cm³/mol. The second kappa shape index (κ2) is 8.59. The van der Waals surface area contributed by atoms with Gasteiger partial charge in [0.25, 0.3) is 0 Å². The summed E-state index contributed by atoms with van der Waals surface area (Å²) in [5.41, 5.74) is 6.28. The molecule has 0 unspecified atom stereocenters. The van der Waals surface area contributed by atoms with Gasteiger partial charge < -0.3 is 9.47 Å². The molecule has 1 aromatic rings. The fourth-order valence-electron chi connectivity index (χ4n) is 7.83. The number of nitrogens with zero attached hydrogens (tertiary/aromatic N) is 1. The van der Waals surface area contributed by atoms with E-state index in [2.05, 4.69) is 24.2 Å². The van der Waals surface area contributed by atoms with Gasteiger partial charge in [0, 0.05) is 32.0 Å². The van der Waals surface area contributed by atoms with Gasteiger partial charge in [-0.3, -0.25) is 4.79 Å². The van der Waals surface area contributed by atoms with E-state index in [4.69, 9.17) is 9.47 Å². The Morgan fingerprint density at radius 1 is 1.09 bits per heavy atom. The third-order valence-electron chi connectivity index (χ3n) is 9.42. The normalized spacial score (nSPS) is 35.5. The fourth-order valence-corrected chi connectivity index (χ4v) is 7.83. The minimum absolute atomic E-state index is 0.00583. The van der Waals surface area contributed by atoms with E-state index in [1.807, 2.05) is 25.3 Å². The van der Waals surface area contributed by atoms with Crippen LogP contribution >= 0.6 is 0 Å². The average molecular weight is 450 g/mol. The number of fused-ring (bicyclic) bond motifs is 4. The molecule has 5 rings (SSSR count). The van der Waals surface area contributed by atoms with Gasteiger partial charge >= 0.3 is 0 Å². The van der Waals surface area contributed by atoms with E-state index in [-0.39, 0.29) is 29.3 Å². The van der Waals surface area contributed by atoms with Crippen LogP contribution in [-0.2, 0) is 20.8 Å². The Labute approximate surface area is 196 Å². The maximum atomic E-state index is 12.2. The molecule has 4 aliphatic carbocycles. The SMILES string of the molecule is COC[C@@]1(OC)CC[C@H]2[C@@H]3CCC4=CC(=O)CCC4=C3[C@@H](c3ccc(CN=O)cc3)C[C@@]21C. The molecule has 2 saturated carbocycles. The maximum Gasteiger partial charge on any atom is 0.156 e. The number of ketones is 1. The van der Waals surface area contributed by atoms with Gasteiger partial charge in [-0.15, -0.1) is 0 Å². The van der Waals surface area contributed by atoms with Crippen molar-refractivity contribution in [2.75, 3.05) is 20.8 Å². The molecule has 5 nitrogen and oxygen atoms in total. The molecule has 0 bridgehead atoms. The van der Waals surface area contributed by atoms with Crippen molar-refractivity contribution in [1.29, 1.82) is 0 Å². The van der Waals surface area contributed by atoms with Gasteiger partial charge in [0.1, 0.15) is 6.54 Å². The third-order valence-corrected chi connectivity index (χ3v) is 9.42. The smallest absolute Gasteiger partial charge is 0.156 e. The Balaban J connectivity index is 1.65. The molecule has 0 heterocycles. The van der Waals surface area contributed by atoms with Crippen molar-refractivity contribution in [3.8, 4) is 0 Å². The van der Waals surface area contributed by atoms with Crippen molar-refractivity contribution in [3.63, 3.8) is 0 Å². The van der Waals surface area contributed by atoms with Gasteiger partial charge in [0.05, 0.1) is 12.2 Å². The van der Waals surface area contributed by atoms with Crippen LogP contribution in [0.25, 0.3) is 0 Å². The molecule has 5 atom stereocenters. The maximum absolute atomic E-state index is 12.2. The van der Waals surface area contributed by atoms with Crippen molar-refractivity contribution in [2.45, 2.75) is 69.9 Å². The zero-order valence-corrected chi connectivity index (χ0v) is 20.1. The number of methoxy groups -OCH3 is 2. The van der Waals surface area contributed by atoms with Gasteiger partial charge in [-0.1, -0.05) is 41.9 Å². The van der Waals surface area contributed by atoms with E-state index >= 15 is 0 Å². The Morgan fingerprint density at radius 3 is 2.58 bits per heavy atom. The summed E-state index contributed by atoms with van der Waals surface area (Å²) >= 11 is 0. The van der Waals surface area contributed by atoms with Gasteiger partial charge in [-0.2, -0.15) is 4.91 Å². The first-order valence-corrected chi connectivity index (χ1v) is 12.3. The monoisotopic (exact) mass is 449 g/mol. The minimum atomic E-state index is -0.277. The molecule has 0 N–H and O–H groups in total. The number of nitroso groups, excluding NO2 is 1. The largest absolute Gasteiger partial charge is 0.382 e. The highest BCUT2D eigenvalue weighted by molar-refractivity contribution is 5.93. The number of hydrogen-bond acceptors (Lipinski definition) is 5. The first-order valence-electron chi connectivity index (χ1n) is 12.3. The first kappa shape index (κ1) is 22.7. The van der Waals surface area contributed by atoms with Crippen LogP contribution in [0.1, 0.15) is 68.9 Å². The molecule has 2 fully saturated rings. The minimum Gasteiger partial charge on any atom is -0.382 e. The van der Waals surface area contributed by atoms with Crippen LogP contribution in [-0.4, -0.2) is 32.2 Å². The standard InChI is InChI=1S/C28H35NO4/c1-27-15-24(19-6-4-18(5-7-19)16-29-31)26-22-11-9-21(30)14-20(22)8-10-23(26)25(27)12-13-28(27,33-3)17-32-2/h4-7,14,23-25H,8-13,15-17H2,1-3H3/t23-,24+,25-,27-,28-/m0/s1. The zero-order chi connectivity index (χ0) is 23.2. The highest BCUT2D eigenvalue weighted by atomic mass is 16.5. The Morgan fingerprint density at radius 2 is 1.88 bits per heavy atom. The number of rotatable bonds is 6. The molecule has 0 amide bonds. The number of ether oxygens (including phenoxy) is 2. The van der Waals surface area contributed by atoms with Crippen LogP contribution < -0.4 is 0 Å². The second-order valence-electron chi connectivity index (χ2n) is 10.7. The lowest BCUT2D eigenvalue weighted by atomic mass is 9.51. The lowest BCUT2D eigenvalue weighted by Gasteiger charge is -2.55. The number of carbonyl (C=O) groups excluding carboxylic acids is 1. The van der Waals surface area contributed by atoms with Gasteiger partial charge in [-0.25, -0.2) is 0 Å². The number of hydrogen-bond donors (Lipinski definition) is 0. The van der Waals surface area contributed by atoms with Crippen LogP contribution in [0.4, 0.5) is 0 Å². The number of carbonyl (C=O) groups is 1. The average Bonchev–Trinajstić information content (AvgIpc) is 3.11. The molecule has 33 heavy (non-hydrogen) atoms. The molecule has 176 valence electrons. The molecule has 0 aromatic heterocycles. The van der Waals surface area contributed by atoms with E-state index in [0.29, 0.717) is 24.9 Å². The van der Waals surface area contributed by atoms with Gasteiger partial charge in [0.2, 0.25) is 0 Å². The van der Waals surface area contributed by atoms with Crippen LogP contribution in [0.5, 0.6) is 0 Å². The van der Waals surface area contributed by atoms with E-state index in [1.165, 1.54) is 16.7 Å². The molecule has 5 heteroatoms. The van der Waals surface area contributed by atoms with Crippen LogP contribution in [0.2, 0.25) is 0 Å². The summed E-state index contributed by atoms with van der Waals surface area (Å²) in [6, 6.07) is 8.46. The second-order valence-corrected chi connectivity index (χ2v) is 10.7. The molecule has 4 aliphatic rings. The molecule has 0 spiro atoms. The topological polar surface area (TPSA) is 65.0 Å². The van der Waals surface area contributed by atoms with E-state index in [0.717, 1.165) is 44.1 Å². The molecular weight excluding hydrogens is 414 g/mol. The molecule has 1 aromatic carbocycles. The summed E-state index contributed by atoms with van der Waals surface area (Å²) in [5.74, 6) is 1.63. The van der Waals surface area contributed by atoms with Gasteiger partial charge in [-0.05, 0) is 78.7 Å². The van der Waals surface area contributed by atoms with E-state index in [9.17, 15) is 9.70 Å². The predicted octanol–water partition coefficient (Wildman–Crippen LogP) is 5.88. The van der Waals surface area contributed by atoms with Crippen molar-refractivity contribution >= 4 is 5.78 Å². The number of allylic oxidation sites excluding steroid dienone is 4. The van der Waals surface area contributed by atoms with Crippen molar-refractivity contribution < 1.29 is 14.3 Å². The molecular formula is C28H35NO4. The highest BCUT2D eigenvalue weighted by Gasteiger charge is 2.63. The summed E-state index contributed by atoms with van der Waals surface area (Å²) in [6.45, 7) is 3.25. The summed E-state index contributed by atoms with van der Waals surface area (Å²) in [5, 5.41) is 3.05. The van der Waals surface area contributed by atoms with Gasteiger partial charge in [0.15, 0.2) is 5.78 Å². The quantitative estimate of drug-likeness (QED) is 0.509. The lowest BCUT2D eigenvalue weighted by Crippen LogP contribution is -2.54. The summed E-state index contributed by atoms with van der Waals surface area (Å²) < 4.78 is 12.0. The van der Waals surface area contributed by atoms with Crippen molar-refractivity contribution in [1.82, 2.24) is 0 Å². The Kier molecular flexibility index (Phi) is 5.90. The van der Waals surface area contributed by atoms with Crippen LogP contribution in [0.3, 0.4) is 0 Å². The lowest BCUT2D eigenvalue weighted by molar-refractivity contribution is -0.149. The Bertz CT molecular complexity index is 1010. The number of benzene rings is 1. The summed E-state index contributed by atoms with van der Waals surface area (Å²) in [7, 11) is 3.63. The van der Waals surface area contributed by atoms with Crippen molar-refractivity contribution in [3.05, 3.63) is 63.1 Å². The van der Waals surface area contributed by atoms with Crippen molar-refractivity contribution in [2.24, 2.45) is 22.4 Å². The van der Waals surface area contributed by atoms with Crippen LogP contribution in [0.15, 0.2) is 52.2 Å². The summed E-state index contributed by atoms with van der Waals surface area (Å²) in [4.78, 5) is 22.9. The van der Waals surface area contributed by atoms with E-state index < -0.39 is 0 Å². The zero-order valence-electron chi connectivity index (χ0n) is 20.1. The fraction of sp³-hybridized carbons (Fsp3) is 0.607. The first-order chi connectivity index (χ1) is 16.0.